The van der Waals surface area contributed by atoms with Gasteiger partial charge >= 0.3 is 0 Å². The average Bonchev–Trinajstić information content (AvgIpc) is 2.52. The highest BCUT2D eigenvalue weighted by atomic mass is 28.4. The first-order valence-corrected chi connectivity index (χ1v) is 11.7. The van der Waals surface area contributed by atoms with Crippen molar-refractivity contribution in [2.75, 3.05) is 14.2 Å². The largest absolute Gasteiger partial charge is 0.481 e. The van der Waals surface area contributed by atoms with E-state index in [2.05, 4.69) is 34.9 Å². The molecule has 1 saturated carbocycles. The first-order valence-electron chi connectivity index (χ1n) is 8.27. The Hall–Kier alpha value is -1.18. The summed E-state index contributed by atoms with van der Waals surface area (Å²) in [5, 5.41) is 3.62. The molecule has 2 rings (SSSR count). The standard InChI is InChI=1S/C16H29N3O3Si/c1-20-15-12(16(21-2)19-11-18-15)10-17-13-8-6-7-9-14(13)22-23(3,4)5/h11,13-14,17H,6-10H2,1-5H3/t13-,14-/m0/s1. The number of methoxy groups -OCH3 is 2. The van der Waals surface area contributed by atoms with E-state index < -0.39 is 8.32 Å². The molecule has 0 radical (unpaired) electrons. The number of aromatic nitrogens is 2. The maximum atomic E-state index is 6.38. The van der Waals surface area contributed by atoms with E-state index in [0.717, 1.165) is 18.4 Å². The fourth-order valence-electron chi connectivity index (χ4n) is 3.04. The van der Waals surface area contributed by atoms with Gasteiger partial charge in [-0.3, -0.25) is 0 Å². The molecule has 0 spiro atoms. The van der Waals surface area contributed by atoms with Gasteiger partial charge in [0, 0.05) is 12.6 Å². The van der Waals surface area contributed by atoms with Gasteiger partial charge in [-0.05, 0) is 32.5 Å². The van der Waals surface area contributed by atoms with Crippen molar-refractivity contribution in [1.82, 2.24) is 15.3 Å². The van der Waals surface area contributed by atoms with Gasteiger partial charge in [-0.2, -0.15) is 0 Å². The van der Waals surface area contributed by atoms with Crippen molar-refractivity contribution >= 4 is 8.32 Å². The van der Waals surface area contributed by atoms with Crippen molar-refractivity contribution in [1.29, 1.82) is 0 Å². The predicted octanol–water partition coefficient (Wildman–Crippen LogP) is 2.75. The van der Waals surface area contributed by atoms with E-state index >= 15 is 0 Å². The molecule has 0 aromatic carbocycles. The number of hydrogen-bond acceptors (Lipinski definition) is 6. The molecule has 0 amide bonds. The quantitative estimate of drug-likeness (QED) is 0.771. The maximum absolute atomic E-state index is 6.38. The highest BCUT2D eigenvalue weighted by Crippen LogP contribution is 2.27. The van der Waals surface area contributed by atoms with E-state index in [-0.39, 0.29) is 6.10 Å². The molecule has 0 aliphatic heterocycles. The van der Waals surface area contributed by atoms with Crippen molar-refractivity contribution in [3.63, 3.8) is 0 Å². The molecule has 1 heterocycles. The number of rotatable bonds is 7. The van der Waals surface area contributed by atoms with E-state index in [1.807, 2.05) is 0 Å². The smallest absolute Gasteiger partial charge is 0.224 e. The third kappa shape index (κ3) is 5.15. The Morgan fingerprint density at radius 3 is 2.26 bits per heavy atom. The summed E-state index contributed by atoms with van der Waals surface area (Å²) in [5.41, 5.74) is 0.856. The lowest BCUT2D eigenvalue weighted by Gasteiger charge is -2.36. The van der Waals surface area contributed by atoms with Crippen LogP contribution >= 0.6 is 0 Å². The van der Waals surface area contributed by atoms with Crippen molar-refractivity contribution in [2.45, 2.75) is 64.0 Å². The Balaban J connectivity index is 2.06. The summed E-state index contributed by atoms with van der Waals surface area (Å²) in [6.45, 7) is 7.35. The van der Waals surface area contributed by atoms with Crippen molar-refractivity contribution in [2.24, 2.45) is 0 Å². The minimum Gasteiger partial charge on any atom is -0.481 e. The average molecular weight is 340 g/mol. The Morgan fingerprint density at radius 1 is 1.09 bits per heavy atom. The number of nitrogens with one attached hydrogen (secondary N) is 1. The molecule has 1 aliphatic carbocycles. The van der Waals surface area contributed by atoms with Crippen LogP contribution < -0.4 is 14.8 Å². The molecule has 0 bridgehead atoms. The zero-order chi connectivity index (χ0) is 16.9. The fourth-order valence-corrected chi connectivity index (χ4v) is 4.23. The molecule has 23 heavy (non-hydrogen) atoms. The van der Waals surface area contributed by atoms with Gasteiger partial charge in [-0.25, -0.2) is 9.97 Å². The first-order chi connectivity index (χ1) is 10.9. The highest BCUT2D eigenvalue weighted by Gasteiger charge is 2.30. The van der Waals surface area contributed by atoms with Crippen LogP contribution in [0.1, 0.15) is 31.2 Å². The third-order valence-electron chi connectivity index (χ3n) is 4.00. The van der Waals surface area contributed by atoms with Crippen molar-refractivity contribution in [3.8, 4) is 11.8 Å². The van der Waals surface area contributed by atoms with Crippen LogP contribution in [-0.2, 0) is 11.0 Å². The van der Waals surface area contributed by atoms with Crippen LogP contribution in [0.4, 0.5) is 0 Å². The monoisotopic (exact) mass is 339 g/mol. The lowest BCUT2D eigenvalue weighted by molar-refractivity contribution is 0.106. The van der Waals surface area contributed by atoms with Gasteiger partial charge in [-0.15, -0.1) is 0 Å². The number of ether oxygens (including phenoxy) is 2. The van der Waals surface area contributed by atoms with Gasteiger partial charge < -0.3 is 19.2 Å². The van der Waals surface area contributed by atoms with Gasteiger partial charge in [0.25, 0.3) is 0 Å². The van der Waals surface area contributed by atoms with Gasteiger partial charge in [0.2, 0.25) is 11.8 Å². The SMILES string of the molecule is COc1ncnc(OC)c1CN[C@H]1CCCC[C@@H]1O[Si](C)(C)C. The van der Waals surface area contributed by atoms with Crippen molar-refractivity contribution < 1.29 is 13.9 Å². The Labute approximate surface area is 140 Å². The molecule has 7 heteroatoms. The van der Waals surface area contributed by atoms with Crippen LogP contribution in [0.5, 0.6) is 11.8 Å². The molecule has 1 aliphatic rings. The molecule has 1 N–H and O–H groups in total. The van der Waals surface area contributed by atoms with Crippen LogP contribution in [0.2, 0.25) is 19.6 Å². The molecule has 0 unspecified atom stereocenters. The molecule has 6 nitrogen and oxygen atoms in total. The number of hydrogen-bond donors (Lipinski definition) is 1. The van der Waals surface area contributed by atoms with E-state index in [9.17, 15) is 0 Å². The van der Waals surface area contributed by atoms with Crippen LogP contribution in [0.3, 0.4) is 0 Å². The summed E-state index contributed by atoms with van der Waals surface area (Å²) >= 11 is 0. The van der Waals surface area contributed by atoms with Crippen LogP contribution in [0.25, 0.3) is 0 Å². The summed E-state index contributed by atoms with van der Waals surface area (Å²) in [6, 6.07) is 0.352. The van der Waals surface area contributed by atoms with Crippen LogP contribution in [0, 0.1) is 0 Å². The molecule has 1 aromatic heterocycles. The van der Waals surface area contributed by atoms with Gasteiger partial charge in [0.05, 0.1) is 25.9 Å². The van der Waals surface area contributed by atoms with E-state index in [0.29, 0.717) is 24.3 Å². The Morgan fingerprint density at radius 2 is 1.70 bits per heavy atom. The van der Waals surface area contributed by atoms with Gasteiger partial charge in [0.15, 0.2) is 8.32 Å². The second-order valence-electron chi connectivity index (χ2n) is 6.91. The third-order valence-corrected chi connectivity index (χ3v) is 5.01. The summed E-state index contributed by atoms with van der Waals surface area (Å²) in [4.78, 5) is 8.34. The summed E-state index contributed by atoms with van der Waals surface area (Å²) in [6.07, 6.45) is 6.49. The van der Waals surface area contributed by atoms with Gasteiger partial charge in [-0.1, -0.05) is 12.8 Å². The van der Waals surface area contributed by atoms with Crippen molar-refractivity contribution in [3.05, 3.63) is 11.9 Å². The minimum atomic E-state index is -1.54. The summed E-state index contributed by atoms with van der Waals surface area (Å²) in [7, 11) is 1.68. The second-order valence-corrected chi connectivity index (χ2v) is 11.4. The molecule has 130 valence electrons. The zero-order valence-corrected chi connectivity index (χ0v) is 15.9. The molecule has 2 atom stereocenters. The van der Waals surface area contributed by atoms with Crippen LogP contribution in [0.15, 0.2) is 6.33 Å². The molecular weight excluding hydrogens is 310 g/mol. The van der Waals surface area contributed by atoms with E-state index in [1.54, 1.807) is 14.2 Å². The highest BCUT2D eigenvalue weighted by molar-refractivity contribution is 6.69. The normalized spacial score (nSPS) is 22.0. The predicted molar refractivity (Wildman–Crippen MR) is 92.5 cm³/mol. The molecular formula is C16H29N3O3Si. The Kier molecular flexibility index (Phi) is 6.38. The topological polar surface area (TPSA) is 65.5 Å². The van der Waals surface area contributed by atoms with Crippen LogP contribution in [-0.4, -0.2) is 44.7 Å². The molecule has 1 fully saturated rings. The fraction of sp³-hybridized carbons (Fsp3) is 0.750. The van der Waals surface area contributed by atoms with E-state index in [1.165, 1.54) is 19.2 Å². The maximum Gasteiger partial charge on any atom is 0.224 e. The molecule has 0 saturated heterocycles. The second kappa shape index (κ2) is 8.08. The summed E-state index contributed by atoms with van der Waals surface area (Å²) < 4.78 is 17.1. The lowest BCUT2D eigenvalue weighted by atomic mass is 9.92. The zero-order valence-electron chi connectivity index (χ0n) is 14.9. The Bertz CT molecular complexity index is 486. The lowest BCUT2D eigenvalue weighted by Crippen LogP contribution is -2.47. The minimum absolute atomic E-state index is 0.289. The van der Waals surface area contributed by atoms with Gasteiger partial charge in [0.1, 0.15) is 6.33 Å². The first kappa shape index (κ1) is 18.2. The molecule has 1 aromatic rings. The van der Waals surface area contributed by atoms with E-state index in [4.69, 9.17) is 13.9 Å². The summed E-state index contributed by atoms with van der Waals surface area (Å²) in [5.74, 6) is 1.12. The number of nitrogens with zero attached hydrogens (tertiary/aromatic N) is 2.